The van der Waals surface area contributed by atoms with E-state index >= 15 is 0 Å². The van der Waals surface area contributed by atoms with E-state index in [1.807, 2.05) is 0 Å². The summed E-state index contributed by atoms with van der Waals surface area (Å²) in [6.45, 7) is 2.37. The molecule has 0 fully saturated rings. The van der Waals surface area contributed by atoms with E-state index in [1.165, 1.54) is 95.0 Å². The summed E-state index contributed by atoms with van der Waals surface area (Å²) in [4.78, 5) is 3.59. The predicted molar refractivity (Wildman–Crippen MR) is 254 cm³/mol. The molecule has 0 spiro atoms. The van der Waals surface area contributed by atoms with Crippen molar-refractivity contribution < 1.29 is 0 Å². The average molecular weight is 790 g/mol. The molecule has 4 aliphatic rings. The molecule has 0 aromatic heterocycles. The lowest BCUT2D eigenvalue weighted by Crippen LogP contribution is -2.28. The lowest BCUT2D eigenvalue weighted by Gasteiger charge is -2.35. The molecule has 0 radical (unpaired) electrons. The Balaban J connectivity index is 1.05. The normalized spacial score (nSPS) is 17.0. The summed E-state index contributed by atoms with van der Waals surface area (Å²) in [6.07, 6.45) is 16.8. The molecule has 0 saturated carbocycles. The highest BCUT2D eigenvalue weighted by atomic mass is 32.1. The number of fused-ring (bicyclic) bond motifs is 6. The molecule has 4 aliphatic carbocycles. The SMILES string of the molecule is CC1Cc2cc(N(C3=CC=C(C4=CC=CCC4)CC3)c3ccc(C4(c5ccccc5)c5ccccc5-c5ccccc54)cc3)ccc2-c2c1ccc(-c1ccccc1)c2S. The van der Waals surface area contributed by atoms with Gasteiger partial charge in [-0.05, 0) is 146 Å². The summed E-state index contributed by atoms with van der Waals surface area (Å²) in [5.74, 6) is 0.384. The minimum Gasteiger partial charge on any atom is -0.314 e. The van der Waals surface area contributed by atoms with Crippen LogP contribution in [0.4, 0.5) is 11.4 Å². The van der Waals surface area contributed by atoms with Gasteiger partial charge in [0.15, 0.2) is 0 Å². The summed E-state index contributed by atoms with van der Waals surface area (Å²) < 4.78 is 0. The Morgan fingerprint density at radius 1 is 0.550 bits per heavy atom. The first-order valence-corrected chi connectivity index (χ1v) is 22.0. The van der Waals surface area contributed by atoms with E-state index in [-0.39, 0.29) is 0 Å². The van der Waals surface area contributed by atoms with E-state index in [4.69, 9.17) is 12.6 Å². The van der Waals surface area contributed by atoms with E-state index < -0.39 is 5.41 Å². The quantitative estimate of drug-likeness (QED) is 0.157. The molecule has 0 saturated heterocycles. The third kappa shape index (κ3) is 5.92. The van der Waals surface area contributed by atoms with Gasteiger partial charge in [0.25, 0.3) is 0 Å². The molecule has 0 N–H and O–H groups in total. The van der Waals surface area contributed by atoms with Crippen LogP contribution in [0.25, 0.3) is 33.4 Å². The van der Waals surface area contributed by atoms with Gasteiger partial charge in [-0.3, -0.25) is 0 Å². The molecule has 290 valence electrons. The number of anilines is 2. The van der Waals surface area contributed by atoms with Crippen LogP contribution < -0.4 is 4.90 Å². The second kappa shape index (κ2) is 15.0. The fourth-order valence-corrected chi connectivity index (χ4v) is 11.2. The summed E-state index contributed by atoms with van der Waals surface area (Å²) in [6, 6.07) is 61.1. The number of hydrogen-bond donors (Lipinski definition) is 1. The fourth-order valence-electron chi connectivity index (χ4n) is 10.7. The molecule has 1 nitrogen and oxygen atoms in total. The summed E-state index contributed by atoms with van der Waals surface area (Å²) in [7, 11) is 0. The molecule has 60 heavy (non-hydrogen) atoms. The average Bonchev–Trinajstić information content (AvgIpc) is 3.61. The van der Waals surface area contributed by atoms with Crippen LogP contribution in [0.5, 0.6) is 0 Å². The zero-order valence-electron chi connectivity index (χ0n) is 34.0. The molecule has 7 aromatic carbocycles. The zero-order chi connectivity index (χ0) is 40.2. The Hall–Kier alpha value is -6.35. The van der Waals surface area contributed by atoms with Crippen LogP contribution in [0, 0.1) is 0 Å². The van der Waals surface area contributed by atoms with Crippen molar-refractivity contribution in [3.63, 3.8) is 0 Å². The highest BCUT2D eigenvalue weighted by molar-refractivity contribution is 7.80. The van der Waals surface area contributed by atoms with Crippen molar-refractivity contribution in [2.45, 2.75) is 55.3 Å². The Kier molecular flexibility index (Phi) is 9.20. The Bertz CT molecular complexity index is 2870. The monoisotopic (exact) mass is 789 g/mol. The van der Waals surface area contributed by atoms with Crippen molar-refractivity contribution in [2.24, 2.45) is 0 Å². The largest absolute Gasteiger partial charge is 0.314 e. The Labute approximate surface area is 360 Å². The van der Waals surface area contributed by atoms with Gasteiger partial charge in [-0.2, -0.15) is 0 Å². The summed E-state index contributed by atoms with van der Waals surface area (Å²) in [5.41, 5.74) is 21.8. The maximum absolute atomic E-state index is 5.26. The van der Waals surface area contributed by atoms with Crippen LogP contribution in [0.1, 0.15) is 71.9 Å². The fraction of sp³-hybridized carbons (Fsp3) is 0.138. The molecular weight excluding hydrogens is 743 g/mol. The third-order valence-corrected chi connectivity index (χ3v) is 14.0. The van der Waals surface area contributed by atoms with E-state index in [2.05, 4.69) is 206 Å². The molecule has 0 amide bonds. The number of hydrogen-bond acceptors (Lipinski definition) is 2. The molecule has 0 bridgehead atoms. The molecule has 2 heteroatoms. The predicted octanol–water partition coefficient (Wildman–Crippen LogP) is 15.4. The van der Waals surface area contributed by atoms with Crippen LogP contribution in [-0.4, -0.2) is 0 Å². The molecule has 11 rings (SSSR count). The molecule has 1 unspecified atom stereocenters. The van der Waals surface area contributed by atoms with Crippen molar-refractivity contribution in [2.75, 3.05) is 4.90 Å². The number of benzene rings is 7. The van der Waals surface area contributed by atoms with E-state index in [1.54, 1.807) is 0 Å². The van der Waals surface area contributed by atoms with Crippen molar-refractivity contribution in [1.29, 1.82) is 0 Å². The van der Waals surface area contributed by atoms with Crippen molar-refractivity contribution in [1.82, 2.24) is 0 Å². The molecular formula is C58H47NS. The minimum atomic E-state index is -0.430. The second-order valence-electron chi connectivity index (χ2n) is 16.8. The van der Waals surface area contributed by atoms with Gasteiger partial charge in [-0.25, -0.2) is 0 Å². The smallest absolute Gasteiger partial charge is 0.0713 e. The Morgan fingerprint density at radius 2 is 1.18 bits per heavy atom. The maximum atomic E-state index is 5.26. The van der Waals surface area contributed by atoms with Crippen LogP contribution in [0.3, 0.4) is 0 Å². The lowest BCUT2D eigenvalue weighted by atomic mass is 9.67. The topological polar surface area (TPSA) is 3.24 Å². The Morgan fingerprint density at radius 3 is 1.87 bits per heavy atom. The van der Waals surface area contributed by atoms with Gasteiger partial charge in [0.1, 0.15) is 0 Å². The van der Waals surface area contributed by atoms with Gasteiger partial charge in [0.05, 0.1) is 5.41 Å². The highest BCUT2D eigenvalue weighted by Gasteiger charge is 2.45. The first kappa shape index (κ1) is 36.7. The summed E-state index contributed by atoms with van der Waals surface area (Å²) >= 11 is 5.26. The molecule has 0 heterocycles. The van der Waals surface area contributed by atoms with E-state index in [9.17, 15) is 0 Å². The van der Waals surface area contributed by atoms with Gasteiger partial charge >= 0.3 is 0 Å². The molecule has 1 atom stereocenters. The van der Waals surface area contributed by atoms with Gasteiger partial charge in [-0.1, -0.05) is 171 Å². The maximum Gasteiger partial charge on any atom is 0.0713 e. The number of rotatable bonds is 7. The van der Waals surface area contributed by atoms with Crippen molar-refractivity contribution >= 4 is 24.0 Å². The van der Waals surface area contributed by atoms with Crippen molar-refractivity contribution in [3.8, 4) is 33.4 Å². The number of thiol groups is 1. The van der Waals surface area contributed by atoms with E-state index in [0.717, 1.165) is 37.0 Å². The highest BCUT2D eigenvalue weighted by Crippen LogP contribution is 2.56. The van der Waals surface area contributed by atoms with Crippen LogP contribution in [-0.2, 0) is 11.8 Å². The first-order chi connectivity index (χ1) is 29.6. The number of allylic oxidation sites excluding steroid dienone is 8. The standard InChI is InChI=1S/C58H47NS/c1-39-37-43-38-48(33-34-50(43)56-49(39)35-36-51(57(56)60)42-17-7-3-8-18-42)59(46-29-25-41(26-30-46)40-15-5-2-6-16-40)47-31-27-45(28-32-47)58(44-19-9-4-10-20-44)54-23-13-11-21-52(54)53-22-12-14-24-55(53)58/h2-5,7-15,17-25,27-29,31-36,38-39,60H,6,16,26,30,37H2,1H3. The molecule has 0 aliphatic heterocycles. The second-order valence-corrected chi connectivity index (χ2v) is 17.3. The van der Waals surface area contributed by atoms with Gasteiger partial charge < -0.3 is 4.90 Å². The van der Waals surface area contributed by atoms with E-state index in [0.29, 0.717) is 5.92 Å². The van der Waals surface area contributed by atoms with Crippen molar-refractivity contribution in [3.05, 3.63) is 244 Å². The number of nitrogens with zero attached hydrogens (tertiary/aromatic N) is 1. The lowest BCUT2D eigenvalue weighted by molar-refractivity contribution is 0.746. The van der Waals surface area contributed by atoms with Gasteiger partial charge in [0, 0.05) is 22.0 Å². The minimum absolute atomic E-state index is 0.384. The van der Waals surface area contributed by atoms with Crippen LogP contribution in [0.2, 0.25) is 0 Å². The first-order valence-electron chi connectivity index (χ1n) is 21.6. The summed E-state index contributed by atoms with van der Waals surface area (Å²) in [5, 5.41) is 0. The van der Waals surface area contributed by atoms with Gasteiger partial charge in [-0.15, -0.1) is 12.6 Å². The van der Waals surface area contributed by atoms with Crippen LogP contribution >= 0.6 is 12.6 Å². The van der Waals surface area contributed by atoms with Crippen LogP contribution in [0.15, 0.2) is 216 Å². The third-order valence-electron chi connectivity index (χ3n) is 13.5. The van der Waals surface area contributed by atoms with Gasteiger partial charge in [0.2, 0.25) is 0 Å². The molecule has 7 aromatic rings. The zero-order valence-corrected chi connectivity index (χ0v) is 34.9.